The minimum absolute atomic E-state index is 0.165. The van der Waals surface area contributed by atoms with Crippen molar-refractivity contribution in [2.24, 2.45) is 0 Å². The van der Waals surface area contributed by atoms with E-state index in [1.165, 1.54) is 17.4 Å². The topological polar surface area (TPSA) is 96.5 Å². The van der Waals surface area contributed by atoms with Crippen LogP contribution in [0.3, 0.4) is 0 Å². The lowest BCUT2D eigenvalue weighted by Gasteiger charge is -2.21. The molecule has 0 aliphatic heterocycles. The van der Waals surface area contributed by atoms with Gasteiger partial charge in [0.2, 0.25) is 6.17 Å². The van der Waals surface area contributed by atoms with E-state index in [9.17, 15) is 14.4 Å². The molecule has 230 valence electrons. The number of ether oxygens (including phenoxy) is 1. The van der Waals surface area contributed by atoms with Crippen LogP contribution in [-0.2, 0) is 16.1 Å². The summed E-state index contributed by atoms with van der Waals surface area (Å²) < 4.78 is 21.2. The number of halogens is 2. The quantitative estimate of drug-likeness (QED) is 0.157. The Labute approximate surface area is 269 Å². The van der Waals surface area contributed by atoms with Crippen LogP contribution in [0.25, 0.3) is 21.2 Å². The molecule has 1 heterocycles. The van der Waals surface area contributed by atoms with Crippen LogP contribution in [0.1, 0.15) is 47.7 Å². The standard InChI is InChI=1S/C35H31ClFN3O4S/c1-35(2,3)44-34(43)40-27-16-13-23(22-7-5-4-6-8-22)17-28(27)39-32(41)30-18-24-11-12-25(19-29(24)45-30)31(37)33(42)38-20-21-9-14-26(36)15-10-21/h4-19,31H,20H2,1-3H3,(H,38,42)(H,39,41)(H,40,43). The minimum atomic E-state index is -1.89. The third-order valence-corrected chi connectivity index (χ3v) is 8.03. The molecule has 3 amide bonds. The third kappa shape index (κ3) is 8.26. The average molecular weight is 644 g/mol. The Bertz CT molecular complexity index is 1850. The Balaban J connectivity index is 1.34. The van der Waals surface area contributed by atoms with Crippen molar-refractivity contribution in [2.45, 2.75) is 39.1 Å². The number of anilines is 2. The summed E-state index contributed by atoms with van der Waals surface area (Å²) in [4.78, 5) is 38.9. The highest BCUT2D eigenvalue weighted by Gasteiger charge is 2.22. The number of nitrogens with one attached hydrogen (secondary N) is 3. The second kappa shape index (κ2) is 13.5. The Morgan fingerprint density at radius 2 is 1.58 bits per heavy atom. The lowest BCUT2D eigenvalue weighted by atomic mass is 10.0. The van der Waals surface area contributed by atoms with E-state index in [-0.39, 0.29) is 12.1 Å². The van der Waals surface area contributed by atoms with Gasteiger partial charge in [-0.1, -0.05) is 72.3 Å². The van der Waals surface area contributed by atoms with Gasteiger partial charge in [-0.05, 0) is 84.8 Å². The molecule has 0 saturated heterocycles. The number of carbonyl (C=O) groups excluding carboxylic acids is 3. The van der Waals surface area contributed by atoms with Gasteiger partial charge in [0.15, 0.2) is 0 Å². The Morgan fingerprint density at radius 1 is 0.844 bits per heavy atom. The van der Waals surface area contributed by atoms with Gasteiger partial charge >= 0.3 is 6.09 Å². The number of fused-ring (bicyclic) bond motifs is 1. The van der Waals surface area contributed by atoms with E-state index in [0.29, 0.717) is 26.0 Å². The van der Waals surface area contributed by atoms with Crippen molar-refractivity contribution >= 4 is 62.3 Å². The molecule has 0 aliphatic carbocycles. The van der Waals surface area contributed by atoms with Gasteiger partial charge in [-0.25, -0.2) is 9.18 Å². The van der Waals surface area contributed by atoms with Gasteiger partial charge in [0.1, 0.15) is 5.60 Å². The molecule has 45 heavy (non-hydrogen) atoms. The summed E-state index contributed by atoms with van der Waals surface area (Å²) in [5.41, 5.74) is 2.79. The van der Waals surface area contributed by atoms with Crippen molar-refractivity contribution in [3.63, 3.8) is 0 Å². The van der Waals surface area contributed by atoms with Crippen LogP contribution in [0.4, 0.5) is 20.6 Å². The Hall–Kier alpha value is -4.73. The summed E-state index contributed by atoms with van der Waals surface area (Å²) in [5, 5.41) is 9.55. The molecule has 0 saturated carbocycles. The summed E-state index contributed by atoms with van der Waals surface area (Å²) in [6.07, 6.45) is -2.54. The first-order valence-electron chi connectivity index (χ1n) is 14.2. The fraction of sp³-hybridized carbons (Fsp3) is 0.171. The van der Waals surface area contributed by atoms with Crippen LogP contribution < -0.4 is 16.0 Å². The van der Waals surface area contributed by atoms with Gasteiger partial charge in [0, 0.05) is 16.3 Å². The van der Waals surface area contributed by atoms with Crippen LogP contribution in [-0.4, -0.2) is 23.5 Å². The highest BCUT2D eigenvalue weighted by molar-refractivity contribution is 7.20. The molecular weight excluding hydrogens is 613 g/mol. The molecule has 5 rings (SSSR count). The van der Waals surface area contributed by atoms with E-state index in [1.807, 2.05) is 36.4 Å². The van der Waals surface area contributed by atoms with E-state index >= 15 is 4.39 Å². The molecule has 0 spiro atoms. The van der Waals surface area contributed by atoms with Gasteiger partial charge in [-0.2, -0.15) is 0 Å². The maximum Gasteiger partial charge on any atom is 0.412 e. The van der Waals surface area contributed by atoms with Crippen molar-refractivity contribution in [1.82, 2.24) is 5.32 Å². The van der Waals surface area contributed by atoms with Crippen LogP contribution in [0.5, 0.6) is 0 Å². The largest absolute Gasteiger partial charge is 0.444 e. The molecule has 1 aromatic heterocycles. The summed E-state index contributed by atoms with van der Waals surface area (Å²) in [6.45, 7) is 5.46. The van der Waals surface area contributed by atoms with Gasteiger partial charge < -0.3 is 15.4 Å². The monoisotopic (exact) mass is 643 g/mol. The summed E-state index contributed by atoms with van der Waals surface area (Å²) in [7, 11) is 0. The molecule has 10 heteroatoms. The molecule has 3 N–H and O–H groups in total. The van der Waals surface area contributed by atoms with E-state index in [1.54, 1.807) is 75.4 Å². The highest BCUT2D eigenvalue weighted by atomic mass is 35.5. The van der Waals surface area contributed by atoms with E-state index in [2.05, 4.69) is 16.0 Å². The van der Waals surface area contributed by atoms with Crippen LogP contribution >= 0.6 is 22.9 Å². The first-order chi connectivity index (χ1) is 21.4. The number of carbonyl (C=O) groups is 3. The Morgan fingerprint density at radius 3 is 2.29 bits per heavy atom. The SMILES string of the molecule is CC(C)(C)OC(=O)Nc1ccc(-c2ccccc2)cc1NC(=O)c1cc2ccc(C(F)C(=O)NCc3ccc(Cl)cc3)cc2s1. The molecule has 1 atom stereocenters. The predicted molar refractivity (Wildman–Crippen MR) is 179 cm³/mol. The van der Waals surface area contributed by atoms with E-state index < -0.39 is 29.7 Å². The fourth-order valence-electron chi connectivity index (χ4n) is 4.51. The lowest BCUT2D eigenvalue weighted by molar-refractivity contribution is -0.126. The van der Waals surface area contributed by atoms with Crippen LogP contribution in [0.2, 0.25) is 5.02 Å². The number of hydrogen-bond donors (Lipinski definition) is 3. The first-order valence-corrected chi connectivity index (χ1v) is 15.4. The number of alkyl halides is 1. The van der Waals surface area contributed by atoms with Gasteiger partial charge in [0.25, 0.3) is 11.8 Å². The highest BCUT2D eigenvalue weighted by Crippen LogP contribution is 2.33. The zero-order valence-electron chi connectivity index (χ0n) is 24.8. The van der Waals surface area contributed by atoms with E-state index in [0.717, 1.165) is 22.1 Å². The molecule has 0 fully saturated rings. The zero-order chi connectivity index (χ0) is 32.1. The van der Waals surface area contributed by atoms with E-state index in [4.69, 9.17) is 16.3 Å². The van der Waals surface area contributed by atoms with Gasteiger partial charge in [0.05, 0.1) is 16.3 Å². The van der Waals surface area contributed by atoms with Crippen molar-refractivity contribution in [3.05, 3.63) is 118 Å². The number of amides is 3. The first kappa shape index (κ1) is 31.7. The van der Waals surface area contributed by atoms with Crippen molar-refractivity contribution in [3.8, 4) is 11.1 Å². The Kier molecular flexibility index (Phi) is 9.51. The average Bonchev–Trinajstić information content (AvgIpc) is 3.44. The fourth-order valence-corrected chi connectivity index (χ4v) is 5.65. The molecule has 4 aromatic carbocycles. The lowest BCUT2D eigenvalue weighted by Crippen LogP contribution is -2.27. The molecule has 0 aliphatic rings. The third-order valence-electron chi connectivity index (χ3n) is 6.68. The predicted octanol–water partition coefficient (Wildman–Crippen LogP) is 9.15. The maximum absolute atomic E-state index is 15.2. The summed E-state index contributed by atoms with van der Waals surface area (Å²) in [5.74, 6) is -1.17. The molecule has 1 unspecified atom stereocenters. The minimum Gasteiger partial charge on any atom is -0.444 e. The molecule has 5 aromatic rings. The maximum atomic E-state index is 15.2. The van der Waals surface area contributed by atoms with Gasteiger partial charge in [-0.15, -0.1) is 11.3 Å². The van der Waals surface area contributed by atoms with Crippen molar-refractivity contribution < 1.29 is 23.5 Å². The van der Waals surface area contributed by atoms with Crippen molar-refractivity contribution in [1.29, 1.82) is 0 Å². The molecule has 0 radical (unpaired) electrons. The second-order valence-electron chi connectivity index (χ2n) is 11.3. The number of hydrogen-bond acceptors (Lipinski definition) is 5. The summed E-state index contributed by atoms with van der Waals surface area (Å²) in [6, 6.07) is 28.4. The number of thiophene rings is 1. The van der Waals surface area contributed by atoms with Gasteiger partial charge in [-0.3, -0.25) is 14.9 Å². The normalized spacial score (nSPS) is 11.9. The molecule has 0 bridgehead atoms. The van der Waals surface area contributed by atoms with Crippen molar-refractivity contribution in [2.75, 3.05) is 10.6 Å². The zero-order valence-corrected chi connectivity index (χ0v) is 26.4. The second-order valence-corrected chi connectivity index (χ2v) is 12.8. The smallest absolute Gasteiger partial charge is 0.412 e. The molecule has 7 nitrogen and oxygen atoms in total. The molecular formula is C35H31ClFN3O4S. The number of benzene rings is 4. The number of rotatable bonds is 8. The van der Waals surface area contributed by atoms with Crippen LogP contribution in [0.15, 0.2) is 97.1 Å². The summed E-state index contributed by atoms with van der Waals surface area (Å²) >= 11 is 7.07. The van der Waals surface area contributed by atoms with Crippen LogP contribution in [0, 0.1) is 0 Å².